The van der Waals surface area contributed by atoms with E-state index in [9.17, 15) is 4.79 Å². The van der Waals surface area contributed by atoms with Crippen molar-refractivity contribution in [2.24, 2.45) is 0 Å². The van der Waals surface area contributed by atoms with Gasteiger partial charge in [-0.2, -0.15) is 0 Å². The van der Waals surface area contributed by atoms with Gasteiger partial charge in [-0.25, -0.2) is 4.98 Å². The van der Waals surface area contributed by atoms with Crippen LogP contribution in [-0.2, 0) is 11.2 Å². The van der Waals surface area contributed by atoms with Gasteiger partial charge in [0.25, 0.3) is 0 Å². The molecule has 0 aliphatic heterocycles. The van der Waals surface area contributed by atoms with E-state index in [2.05, 4.69) is 54.9 Å². The van der Waals surface area contributed by atoms with Crippen molar-refractivity contribution in [3.63, 3.8) is 0 Å². The molecule has 0 spiro atoms. The fraction of sp³-hybridized carbons (Fsp3) is 0.500. The summed E-state index contributed by atoms with van der Waals surface area (Å²) in [5.41, 5.74) is 3.26. The molecule has 0 N–H and O–H groups in total. The molecule has 2 aromatic rings. The molecule has 1 aliphatic rings. The minimum absolute atomic E-state index is 0.220. The van der Waals surface area contributed by atoms with E-state index in [-0.39, 0.29) is 11.9 Å². The first-order chi connectivity index (χ1) is 11.5. The van der Waals surface area contributed by atoms with E-state index in [0.29, 0.717) is 12.5 Å². The lowest BCUT2D eigenvalue weighted by Crippen LogP contribution is -2.44. The summed E-state index contributed by atoms with van der Waals surface area (Å²) in [6, 6.07) is 9.07. The fourth-order valence-electron chi connectivity index (χ4n) is 3.56. The van der Waals surface area contributed by atoms with Gasteiger partial charge in [-0.05, 0) is 33.6 Å². The Hall–Kier alpha value is -1.68. The van der Waals surface area contributed by atoms with Crippen LogP contribution in [0.5, 0.6) is 0 Å². The molecule has 1 heterocycles. The molecule has 128 valence electrons. The third kappa shape index (κ3) is 3.86. The predicted molar refractivity (Wildman–Crippen MR) is 100 cm³/mol. The number of carbonyl (C=O) groups is 1. The zero-order valence-electron chi connectivity index (χ0n) is 14.8. The smallest absolute Gasteiger partial charge is 0.229 e. The topological polar surface area (TPSA) is 33.2 Å². The lowest BCUT2D eigenvalue weighted by Gasteiger charge is -2.32. The van der Waals surface area contributed by atoms with Gasteiger partial charge in [0.15, 0.2) is 0 Å². The second-order valence-electron chi connectivity index (χ2n) is 7.02. The first kappa shape index (κ1) is 17.2. The molecule has 0 saturated heterocycles. The number of nitrogens with zero attached hydrogens (tertiary/aromatic N) is 2. The average Bonchev–Trinajstić information content (AvgIpc) is 3.20. The van der Waals surface area contributed by atoms with E-state index in [0.717, 1.165) is 29.1 Å². The minimum atomic E-state index is 0.220. The second kappa shape index (κ2) is 7.47. The molecule has 1 saturated carbocycles. The number of carbonyl (C=O) groups excluding carboxylic acids is 1. The van der Waals surface area contributed by atoms with Gasteiger partial charge >= 0.3 is 0 Å². The number of benzene rings is 1. The Morgan fingerprint density at radius 1 is 1.25 bits per heavy atom. The van der Waals surface area contributed by atoms with E-state index < -0.39 is 0 Å². The molecule has 0 radical (unpaired) electrons. The van der Waals surface area contributed by atoms with Crippen molar-refractivity contribution in [1.82, 2.24) is 9.88 Å². The Kier molecular flexibility index (Phi) is 5.34. The number of thiazole rings is 1. The summed E-state index contributed by atoms with van der Waals surface area (Å²) in [7, 11) is 0. The number of hydrogen-bond donors (Lipinski definition) is 0. The first-order valence-electron chi connectivity index (χ1n) is 8.87. The highest BCUT2D eigenvalue weighted by Crippen LogP contribution is 2.27. The molecule has 4 heteroatoms. The molecule has 1 aromatic carbocycles. The second-order valence-corrected chi connectivity index (χ2v) is 7.88. The van der Waals surface area contributed by atoms with Crippen LogP contribution in [0.25, 0.3) is 10.6 Å². The molecule has 1 aromatic heterocycles. The van der Waals surface area contributed by atoms with Crippen LogP contribution in [0.1, 0.15) is 50.8 Å². The molecule has 3 nitrogen and oxygen atoms in total. The standard InChI is InChI=1S/C20H26N2OS/c1-14(2)22(18-6-4-5-7-18)19(23)12-17-13-24-20(21-17)16-10-8-15(3)9-11-16/h8-11,13-14,18H,4-7,12H2,1-3H3. The minimum Gasteiger partial charge on any atom is -0.337 e. The van der Waals surface area contributed by atoms with Crippen molar-refractivity contribution in [2.45, 2.75) is 65.0 Å². The first-order valence-corrected chi connectivity index (χ1v) is 9.75. The van der Waals surface area contributed by atoms with Crippen molar-refractivity contribution in [3.8, 4) is 10.6 Å². The highest BCUT2D eigenvalue weighted by molar-refractivity contribution is 7.13. The quantitative estimate of drug-likeness (QED) is 0.779. The molecule has 1 amide bonds. The van der Waals surface area contributed by atoms with E-state index >= 15 is 0 Å². The fourth-order valence-corrected chi connectivity index (χ4v) is 4.38. The molecule has 1 fully saturated rings. The van der Waals surface area contributed by atoms with Gasteiger partial charge in [0.1, 0.15) is 5.01 Å². The summed E-state index contributed by atoms with van der Waals surface area (Å²) in [6.07, 6.45) is 5.20. The molecular formula is C20H26N2OS. The average molecular weight is 343 g/mol. The maximum atomic E-state index is 12.8. The van der Waals surface area contributed by atoms with Crippen LogP contribution >= 0.6 is 11.3 Å². The Morgan fingerprint density at radius 3 is 2.54 bits per heavy atom. The van der Waals surface area contributed by atoms with Crippen molar-refractivity contribution in [3.05, 3.63) is 40.9 Å². The summed E-state index contributed by atoms with van der Waals surface area (Å²) >= 11 is 1.62. The molecule has 3 rings (SSSR count). The predicted octanol–water partition coefficient (Wildman–Crippen LogP) is 4.84. The Bertz CT molecular complexity index is 684. The van der Waals surface area contributed by atoms with Gasteiger partial charge in [-0.3, -0.25) is 4.79 Å². The maximum absolute atomic E-state index is 12.8. The Balaban J connectivity index is 1.71. The molecule has 0 unspecified atom stereocenters. The molecule has 1 aliphatic carbocycles. The molecule has 24 heavy (non-hydrogen) atoms. The number of aryl methyl sites for hydroxylation is 1. The van der Waals surface area contributed by atoms with Crippen LogP contribution in [-0.4, -0.2) is 27.9 Å². The summed E-state index contributed by atoms with van der Waals surface area (Å²) in [4.78, 5) is 19.6. The van der Waals surface area contributed by atoms with Gasteiger partial charge in [-0.15, -0.1) is 11.3 Å². The normalized spacial score (nSPS) is 15.2. The molecular weight excluding hydrogens is 316 g/mol. The highest BCUT2D eigenvalue weighted by Gasteiger charge is 2.28. The van der Waals surface area contributed by atoms with Crippen LogP contribution in [0, 0.1) is 6.92 Å². The number of rotatable bonds is 5. The van der Waals surface area contributed by atoms with Crippen molar-refractivity contribution in [1.29, 1.82) is 0 Å². The number of amides is 1. The number of hydrogen-bond acceptors (Lipinski definition) is 3. The SMILES string of the molecule is Cc1ccc(-c2nc(CC(=O)N(C(C)C)C3CCCC3)cs2)cc1. The lowest BCUT2D eigenvalue weighted by molar-refractivity contribution is -0.134. The van der Waals surface area contributed by atoms with Crippen LogP contribution in [0.4, 0.5) is 0 Å². The van der Waals surface area contributed by atoms with E-state index in [1.165, 1.54) is 18.4 Å². The molecule has 0 atom stereocenters. The van der Waals surface area contributed by atoms with Gasteiger partial charge in [-0.1, -0.05) is 42.7 Å². The maximum Gasteiger partial charge on any atom is 0.229 e. The van der Waals surface area contributed by atoms with Gasteiger partial charge in [0, 0.05) is 23.0 Å². The van der Waals surface area contributed by atoms with Crippen LogP contribution < -0.4 is 0 Å². The summed E-state index contributed by atoms with van der Waals surface area (Å²) in [6.45, 7) is 6.32. The van der Waals surface area contributed by atoms with Gasteiger partial charge < -0.3 is 4.90 Å². The van der Waals surface area contributed by atoms with Crippen LogP contribution in [0.2, 0.25) is 0 Å². The van der Waals surface area contributed by atoms with Crippen molar-refractivity contribution >= 4 is 17.2 Å². The van der Waals surface area contributed by atoms with E-state index in [4.69, 9.17) is 0 Å². The monoisotopic (exact) mass is 342 g/mol. The zero-order valence-corrected chi connectivity index (χ0v) is 15.6. The highest BCUT2D eigenvalue weighted by atomic mass is 32.1. The van der Waals surface area contributed by atoms with E-state index in [1.54, 1.807) is 11.3 Å². The Labute approximate surface area is 148 Å². The molecule has 0 bridgehead atoms. The summed E-state index contributed by atoms with van der Waals surface area (Å²) in [5, 5.41) is 3.02. The summed E-state index contributed by atoms with van der Waals surface area (Å²) in [5.74, 6) is 0.220. The van der Waals surface area contributed by atoms with Crippen LogP contribution in [0.3, 0.4) is 0 Å². The summed E-state index contributed by atoms with van der Waals surface area (Å²) < 4.78 is 0. The van der Waals surface area contributed by atoms with Crippen molar-refractivity contribution < 1.29 is 4.79 Å². The lowest BCUT2D eigenvalue weighted by atomic mass is 10.1. The van der Waals surface area contributed by atoms with Crippen molar-refractivity contribution in [2.75, 3.05) is 0 Å². The third-order valence-corrected chi connectivity index (χ3v) is 5.69. The van der Waals surface area contributed by atoms with E-state index in [1.807, 2.05) is 5.38 Å². The third-order valence-electron chi connectivity index (χ3n) is 4.75. The number of aromatic nitrogens is 1. The largest absolute Gasteiger partial charge is 0.337 e. The Morgan fingerprint density at radius 2 is 1.92 bits per heavy atom. The van der Waals surface area contributed by atoms with Crippen LogP contribution in [0.15, 0.2) is 29.6 Å². The van der Waals surface area contributed by atoms with Gasteiger partial charge in [0.2, 0.25) is 5.91 Å². The zero-order chi connectivity index (χ0) is 17.1. The van der Waals surface area contributed by atoms with Gasteiger partial charge in [0.05, 0.1) is 12.1 Å².